The van der Waals surface area contributed by atoms with Gasteiger partial charge < -0.3 is 23.8 Å². The summed E-state index contributed by atoms with van der Waals surface area (Å²) >= 11 is 5.09. The molecule has 1 rings (SSSR count). The molecule has 0 fully saturated rings. The minimum absolute atomic E-state index is 0.201. The van der Waals surface area contributed by atoms with Crippen molar-refractivity contribution in [2.75, 3.05) is 33.6 Å². The van der Waals surface area contributed by atoms with Crippen molar-refractivity contribution in [3.63, 3.8) is 0 Å². The minimum Gasteiger partial charge on any atom is -0.424 e. The second kappa shape index (κ2) is 6.86. The largest absolute Gasteiger partial charge is 0.424 e. The number of rotatable bonds is 5. The van der Waals surface area contributed by atoms with Crippen LogP contribution in [0.25, 0.3) is 0 Å². The average Bonchev–Trinajstić information content (AvgIpc) is 2.40. The van der Waals surface area contributed by atoms with Crippen molar-refractivity contribution in [1.29, 1.82) is 0 Å². The zero-order valence-electron chi connectivity index (χ0n) is 11.2. The van der Waals surface area contributed by atoms with Crippen molar-refractivity contribution in [2.45, 2.75) is 0 Å². The lowest BCUT2D eigenvalue weighted by Gasteiger charge is -2.18. The van der Waals surface area contributed by atoms with Gasteiger partial charge in [-0.25, -0.2) is 4.79 Å². The van der Waals surface area contributed by atoms with E-state index in [9.17, 15) is 4.79 Å². The summed E-state index contributed by atoms with van der Waals surface area (Å²) in [5.74, 6) is 0.523. The smallest absolute Gasteiger partial charge is 0.380 e. The number of hydrogen-bond donors (Lipinski definition) is 1. The Bertz CT molecular complexity index is 470. The Morgan fingerprint density at radius 1 is 1.21 bits per heavy atom. The molecule has 8 heteroatoms. The van der Waals surface area contributed by atoms with Gasteiger partial charge >= 0.3 is 12.7 Å². The van der Waals surface area contributed by atoms with Crippen LogP contribution in [0, 0.1) is 0 Å². The maximum Gasteiger partial charge on any atom is 0.380 e. The van der Waals surface area contributed by atoms with Gasteiger partial charge in [0, 0.05) is 45.8 Å². The average molecular weight is 304 g/mol. The molecule has 0 bridgehead atoms. The van der Waals surface area contributed by atoms with Crippen molar-refractivity contribution in [1.82, 2.24) is 4.90 Å². The highest BCUT2D eigenvalue weighted by Crippen LogP contribution is 2.48. The van der Waals surface area contributed by atoms with Crippen LogP contribution in [0.4, 0.5) is 10.5 Å². The molecule has 0 aliphatic rings. The van der Waals surface area contributed by atoms with E-state index in [1.165, 1.54) is 19.1 Å². The third kappa shape index (κ3) is 4.80. The van der Waals surface area contributed by atoms with Gasteiger partial charge in [0.05, 0.1) is 0 Å². The van der Waals surface area contributed by atoms with Gasteiger partial charge in [0.15, 0.2) is 0 Å². The molecule has 0 unspecified atom stereocenters. The van der Waals surface area contributed by atoms with E-state index in [-0.39, 0.29) is 6.03 Å². The lowest BCUT2D eigenvalue weighted by molar-refractivity contribution is 0.230. The molecule has 1 N–H and O–H groups in total. The van der Waals surface area contributed by atoms with E-state index in [0.29, 0.717) is 11.4 Å². The quantitative estimate of drug-likeness (QED) is 0.848. The van der Waals surface area contributed by atoms with Gasteiger partial charge in [-0.05, 0) is 24.3 Å². The number of nitrogens with one attached hydrogen (secondary N) is 1. The van der Waals surface area contributed by atoms with Gasteiger partial charge in [0.2, 0.25) is 0 Å². The zero-order chi connectivity index (χ0) is 14.5. The van der Waals surface area contributed by atoms with Crippen molar-refractivity contribution < 1.29 is 18.4 Å². The van der Waals surface area contributed by atoms with E-state index in [1.807, 2.05) is 0 Å². The maximum atomic E-state index is 11.5. The van der Waals surface area contributed by atoms with Gasteiger partial charge in [-0.2, -0.15) is 0 Å². The van der Waals surface area contributed by atoms with Crippen LogP contribution in [-0.4, -0.2) is 39.2 Å². The summed E-state index contributed by atoms with van der Waals surface area (Å²) in [6.07, 6.45) is 0. The third-order valence-electron chi connectivity index (χ3n) is 2.18. The van der Waals surface area contributed by atoms with Crippen LogP contribution in [0.15, 0.2) is 24.3 Å². The summed E-state index contributed by atoms with van der Waals surface area (Å²) in [7, 11) is 6.21. The van der Waals surface area contributed by atoms with Crippen LogP contribution < -0.4 is 9.84 Å². The number of carbonyl (C=O) groups is 1. The van der Waals surface area contributed by atoms with Crippen LogP contribution in [0.3, 0.4) is 0 Å². The van der Waals surface area contributed by atoms with Gasteiger partial charge in [-0.15, -0.1) is 0 Å². The number of urea groups is 1. The Kier molecular flexibility index (Phi) is 5.75. The Morgan fingerprint density at radius 3 is 2.16 bits per heavy atom. The number of benzene rings is 1. The van der Waals surface area contributed by atoms with Crippen molar-refractivity contribution >= 4 is 30.2 Å². The first kappa shape index (κ1) is 15.9. The lowest BCUT2D eigenvalue weighted by Crippen LogP contribution is -2.27. The van der Waals surface area contributed by atoms with Crippen molar-refractivity contribution in [3.8, 4) is 5.75 Å². The number of hydrogen-bond acceptors (Lipinski definition) is 5. The SMILES string of the molecule is COP(=S)(OC)Oc1ccc(NC(=O)N(C)C)cc1. The predicted molar refractivity (Wildman–Crippen MR) is 78.1 cm³/mol. The summed E-state index contributed by atoms with van der Waals surface area (Å²) in [6, 6.07) is 6.59. The van der Waals surface area contributed by atoms with Crippen LogP contribution in [-0.2, 0) is 20.9 Å². The van der Waals surface area contributed by atoms with E-state index in [0.717, 1.165) is 0 Å². The molecule has 0 saturated carbocycles. The van der Waals surface area contributed by atoms with E-state index in [4.69, 9.17) is 25.4 Å². The molecule has 19 heavy (non-hydrogen) atoms. The second-order valence-electron chi connectivity index (χ2n) is 3.75. The Labute approximate surface area is 117 Å². The molecule has 1 aromatic rings. The first-order chi connectivity index (χ1) is 8.90. The molecule has 2 amide bonds. The summed E-state index contributed by atoms with van der Waals surface area (Å²) in [5.41, 5.74) is 0.661. The van der Waals surface area contributed by atoms with E-state index in [1.54, 1.807) is 38.4 Å². The standard InChI is InChI=1S/C11H17N2O4PS/c1-13(2)11(14)12-9-5-7-10(8-6-9)17-18(19,15-3)16-4/h5-8H,1-4H3,(H,12,14). The molecule has 0 aliphatic carbocycles. The minimum atomic E-state index is -2.72. The molecular weight excluding hydrogens is 287 g/mol. The molecule has 6 nitrogen and oxygen atoms in total. The van der Waals surface area contributed by atoms with E-state index < -0.39 is 6.72 Å². The fourth-order valence-electron chi connectivity index (χ4n) is 1.11. The maximum absolute atomic E-state index is 11.5. The van der Waals surface area contributed by atoms with Crippen molar-refractivity contribution in [2.24, 2.45) is 0 Å². The number of amides is 2. The second-order valence-corrected chi connectivity index (χ2v) is 6.90. The van der Waals surface area contributed by atoms with Gasteiger partial charge in [-0.1, -0.05) is 0 Å². The summed E-state index contributed by atoms with van der Waals surface area (Å²) < 4.78 is 15.5. The molecule has 0 saturated heterocycles. The lowest BCUT2D eigenvalue weighted by atomic mass is 10.3. The summed E-state index contributed by atoms with van der Waals surface area (Å²) in [4.78, 5) is 12.9. The highest BCUT2D eigenvalue weighted by molar-refractivity contribution is 8.07. The Morgan fingerprint density at radius 2 is 1.74 bits per heavy atom. The van der Waals surface area contributed by atoms with Gasteiger partial charge in [0.1, 0.15) is 5.75 Å². The Hall–Kier alpha value is -1.14. The number of anilines is 1. The molecule has 0 aliphatic heterocycles. The third-order valence-corrected chi connectivity index (χ3v) is 4.62. The molecular formula is C11H17N2O4PS. The first-order valence-electron chi connectivity index (χ1n) is 5.39. The van der Waals surface area contributed by atoms with Crippen molar-refractivity contribution in [3.05, 3.63) is 24.3 Å². The topological polar surface area (TPSA) is 60.0 Å². The van der Waals surface area contributed by atoms with Crippen LogP contribution in [0.5, 0.6) is 5.75 Å². The normalized spacial score (nSPS) is 10.9. The first-order valence-corrected chi connectivity index (χ1v) is 7.95. The fourth-order valence-corrected chi connectivity index (χ4v) is 2.05. The highest BCUT2D eigenvalue weighted by atomic mass is 32.5. The molecule has 0 radical (unpaired) electrons. The van der Waals surface area contributed by atoms with Crippen LogP contribution >= 0.6 is 6.72 Å². The van der Waals surface area contributed by atoms with Crippen LogP contribution in [0.2, 0.25) is 0 Å². The molecule has 106 valence electrons. The van der Waals surface area contributed by atoms with E-state index >= 15 is 0 Å². The molecule has 0 spiro atoms. The Balaban J connectivity index is 2.72. The summed E-state index contributed by atoms with van der Waals surface area (Å²) in [6.45, 7) is -2.72. The number of carbonyl (C=O) groups excluding carboxylic acids is 1. The molecule has 0 heterocycles. The number of nitrogens with zero attached hydrogens (tertiary/aromatic N) is 1. The molecule has 0 aromatic heterocycles. The van der Waals surface area contributed by atoms with Gasteiger partial charge in [-0.3, -0.25) is 0 Å². The van der Waals surface area contributed by atoms with Crippen LogP contribution in [0.1, 0.15) is 0 Å². The van der Waals surface area contributed by atoms with Gasteiger partial charge in [0.25, 0.3) is 0 Å². The predicted octanol–water partition coefficient (Wildman–Crippen LogP) is 2.68. The fraction of sp³-hybridized carbons (Fsp3) is 0.364. The molecule has 0 atom stereocenters. The van der Waals surface area contributed by atoms with E-state index in [2.05, 4.69) is 5.32 Å². The highest BCUT2D eigenvalue weighted by Gasteiger charge is 2.18. The monoisotopic (exact) mass is 304 g/mol. The molecule has 1 aromatic carbocycles. The zero-order valence-corrected chi connectivity index (χ0v) is 13.0. The summed E-state index contributed by atoms with van der Waals surface area (Å²) in [5, 5.41) is 2.71.